The van der Waals surface area contributed by atoms with Crippen LogP contribution in [0.5, 0.6) is 0 Å². The Kier molecular flexibility index (Phi) is 5.70. The van der Waals surface area contributed by atoms with Crippen LogP contribution in [0.15, 0.2) is 30.5 Å². The summed E-state index contributed by atoms with van der Waals surface area (Å²) in [6.45, 7) is -0.512. The van der Waals surface area contributed by atoms with Gasteiger partial charge in [-0.3, -0.25) is 14.9 Å². The first-order chi connectivity index (χ1) is 13.0. The maximum Gasteiger partial charge on any atom is 0.340 e. The molecule has 0 spiro atoms. The highest BCUT2D eigenvalue weighted by Crippen LogP contribution is 2.31. The summed E-state index contributed by atoms with van der Waals surface area (Å²) in [4.78, 5) is 34.2. The van der Waals surface area contributed by atoms with E-state index in [9.17, 15) is 19.7 Å². The molecule has 2 aromatic rings. The van der Waals surface area contributed by atoms with Crippen LogP contribution in [-0.2, 0) is 9.53 Å². The number of nitro groups is 1. The zero-order valence-corrected chi connectivity index (χ0v) is 15.0. The smallest absolute Gasteiger partial charge is 0.340 e. The number of carbonyl (C=O) groups is 2. The molecule has 0 radical (unpaired) electrons. The van der Waals surface area contributed by atoms with Crippen LogP contribution < -0.4 is 5.32 Å². The first-order valence-electron chi connectivity index (χ1n) is 8.40. The Morgan fingerprint density at radius 1 is 1.33 bits per heavy atom. The van der Waals surface area contributed by atoms with Crippen molar-refractivity contribution in [1.29, 1.82) is 0 Å². The predicted molar refractivity (Wildman–Crippen MR) is 96.8 cm³/mol. The van der Waals surface area contributed by atoms with Crippen LogP contribution in [0.1, 0.15) is 42.1 Å². The average molecular weight is 393 g/mol. The second-order valence-electron chi connectivity index (χ2n) is 6.14. The van der Waals surface area contributed by atoms with Gasteiger partial charge in [-0.25, -0.2) is 9.48 Å². The van der Waals surface area contributed by atoms with Crippen molar-refractivity contribution < 1.29 is 19.2 Å². The lowest BCUT2D eigenvalue weighted by atomic mass is 10.2. The summed E-state index contributed by atoms with van der Waals surface area (Å²) in [5, 5.41) is 17.5. The Morgan fingerprint density at radius 2 is 2.07 bits per heavy atom. The molecule has 1 aromatic heterocycles. The number of nitrogens with zero attached hydrogens (tertiary/aromatic N) is 3. The Hall–Kier alpha value is -2.94. The second kappa shape index (κ2) is 8.17. The van der Waals surface area contributed by atoms with Crippen LogP contribution in [0.25, 0.3) is 0 Å². The van der Waals surface area contributed by atoms with Gasteiger partial charge in [0.25, 0.3) is 11.6 Å². The summed E-state index contributed by atoms with van der Waals surface area (Å²) in [5.74, 6) is -0.799. The van der Waals surface area contributed by atoms with Gasteiger partial charge in [-0.2, -0.15) is 5.10 Å². The molecule has 1 N–H and O–H groups in total. The number of ether oxygens (including phenoxy) is 1. The lowest BCUT2D eigenvalue weighted by molar-refractivity contribution is -0.384. The van der Waals surface area contributed by atoms with E-state index in [0.717, 1.165) is 37.8 Å². The molecule has 1 aliphatic rings. The third-order valence-corrected chi connectivity index (χ3v) is 4.64. The lowest BCUT2D eigenvalue weighted by Crippen LogP contribution is -2.23. The highest BCUT2D eigenvalue weighted by molar-refractivity contribution is 6.33. The minimum absolute atomic E-state index is 0.0499. The molecule has 1 fully saturated rings. The third-order valence-electron chi connectivity index (χ3n) is 4.33. The third kappa shape index (κ3) is 4.43. The van der Waals surface area contributed by atoms with Gasteiger partial charge in [-0.1, -0.05) is 24.4 Å². The summed E-state index contributed by atoms with van der Waals surface area (Å²) < 4.78 is 6.73. The zero-order valence-electron chi connectivity index (χ0n) is 14.3. The van der Waals surface area contributed by atoms with E-state index in [1.165, 1.54) is 6.07 Å². The molecule has 1 saturated carbocycles. The monoisotopic (exact) mass is 392 g/mol. The largest absolute Gasteiger partial charge is 0.452 e. The van der Waals surface area contributed by atoms with Crippen molar-refractivity contribution in [1.82, 2.24) is 9.78 Å². The normalized spacial score (nSPS) is 14.1. The number of benzene rings is 1. The quantitative estimate of drug-likeness (QED) is 0.457. The van der Waals surface area contributed by atoms with E-state index in [0.29, 0.717) is 5.82 Å². The number of rotatable bonds is 6. The summed E-state index contributed by atoms with van der Waals surface area (Å²) >= 11 is 5.87. The molecule has 0 aliphatic heterocycles. The van der Waals surface area contributed by atoms with Crippen molar-refractivity contribution in [2.75, 3.05) is 11.9 Å². The maximum atomic E-state index is 12.1. The Labute approximate surface area is 159 Å². The number of nitro benzene ring substituents is 1. The predicted octanol–water partition coefficient (Wildman–Crippen LogP) is 3.36. The molecule has 1 aliphatic carbocycles. The van der Waals surface area contributed by atoms with Gasteiger partial charge in [0.15, 0.2) is 6.61 Å². The van der Waals surface area contributed by atoms with Crippen molar-refractivity contribution in [2.45, 2.75) is 31.7 Å². The van der Waals surface area contributed by atoms with E-state index >= 15 is 0 Å². The van der Waals surface area contributed by atoms with E-state index in [1.54, 1.807) is 16.9 Å². The van der Waals surface area contributed by atoms with Crippen LogP contribution >= 0.6 is 11.6 Å². The number of anilines is 1. The number of amides is 1. The molecular weight excluding hydrogens is 376 g/mol. The molecule has 0 atom stereocenters. The van der Waals surface area contributed by atoms with Crippen molar-refractivity contribution >= 4 is 35.0 Å². The number of carbonyl (C=O) groups excluding carboxylic acids is 2. The standard InChI is InChI=1S/C17H17ClN4O5/c18-14-9-12(22(25)26)5-6-13(14)17(24)27-10-16(23)20-15-7-8-19-21(15)11-3-1-2-4-11/h5-9,11H,1-4,10H2,(H,20,23). The fraction of sp³-hybridized carbons (Fsp3) is 0.353. The van der Waals surface area contributed by atoms with Gasteiger partial charge in [0.05, 0.1) is 27.7 Å². The molecule has 142 valence electrons. The fourth-order valence-electron chi connectivity index (χ4n) is 3.02. The van der Waals surface area contributed by atoms with Crippen molar-refractivity contribution in [3.05, 3.63) is 51.2 Å². The molecule has 0 saturated heterocycles. The average Bonchev–Trinajstić information content (AvgIpc) is 3.30. The topological polar surface area (TPSA) is 116 Å². The van der Waals surface area contributed by atoms with Crippen LogP contribution in [0.3, 0.4) is 0 Å². The molecule has 0 unspecified atom stereocenters. The summed E-state index contributed by atoms with van der Waals surface area (Å²) in [7, 11) is 0. The van der Waals surface area contributed by atoms with Crippen molar-refractivity contribution in [2.24, 2.45) is 0 Å². The van der Waals surface area contributed by atoms with Gasteiger partial charge < -0.3 is 10.1 Å². The number of non-ortho nitro benzene ring substituents is 1. The van der Waals surface area contributed by atoms with Crippen LogP contribution in [0.4, 0.5) is 11.5 Å². The lowest BCUT2D eigenvalue weighted by Gasteiger charge is -2.14. The van der Waals surface area contributed by atoms with Crippen molar-refractivity contribution in [3.63, 3.8) is 0 Å². The highest BCUT2D eigenvalue weighted by Gasteiger charge is 2.21. The van der Waals surface area contributed by atoms with Gasteiger partial charge in [0.1, 0.15) is 5.82 Å². The SMILES string of the molecule is O=C(COC(=O)c1ccc([N+](=O)[O-])cc1Cl)Nc1ccnn1C1CCCC1. The number of esters is 1. The Bertz CT molecular complexity index is 876. The van der Waals surface area contributed by atoms with Gasteiger partial charge >= 0.3 is 5.97 Å². The van der Waals surface area contributed by atoms with Crippen LogP contribution in [-0.4, -0.2) is 33.2 Å². The first kappa shape index (κ1) is 18.8. The van der Waals surface area contributed by atoms with Crippen molar-refractivity contribution in [3.8, 4) is 0 Å². The zero-order chi connectivity index (χ0) is 19.4. The van der Waals surface area contributed by atoms with E-state index < -0.39 is 23.4 Å². The number of halogens is 1. The number of hydrogen-bond acceptors (Lipinski definition) is 6. The van der Waals surface area contributed by atoms with E-state index in [4.69, 9.17) is 16.3 Å². The van der Waals surface area contributed by atoms with E-state index in [-0.39, 0.29) is 22.3 Å². The molecule has 0 bridgehead atoms. The minimum Gasteiger partial charge on any atom is -0.452 e. The van der Waals surface area contributed by atoms with Gasteiger partial charge in [-0.05, 0) is 18.9 Å². The number of aromatic nitrogens is 2. The molecular formula is C17H17ClN4O5. The van der Waals surface area contributed by atoms with Crippen LogP contribution in [0, 0.1) is 10.1 Å². The number of nitrogens with one attached hydrogen (secondary N) is 1. The Morgan fingerprint density at radius 3 is 2.74 bits per heavy atom. The summed E-state index contributed by atoms with van der Waals surface area (Å²) in [6.07, 6.45) is 5.89. The first-order valence-corrected chi connectivity index (χ1v) is 8.78. The summed E-state index contributed by atoms with van der Waals surface area (Å²) in [6, 6.07) is 5.33. The van der Waals surface area contributed by atoms with Gasteiger partial charge in [0, 0.05) is 18.2 Å². The Balaban J connectivity index is 1.57. The minimum atomic E-state index is -0.839. The molecule has 1 heterocycles. The molecule has 9 nitrogen and oxygen atoms in total. The molecule has 10 heteroatoms. The van der Waals surface area contributed by atoms with Gasteiger partial charge in [-0.15, -0.1) is 0 Å². The number of hydrogen-bond donors (Lipinski definition) is 1. The molecule has 1 amide bonds. The fourth-order valence-corrected chi connectivity index (χ4v) is 3.28. The van der Waals surface area contributed by atoms with Crippen LogP contribution in [0.2, 0.25) is 5.02 Å². The second-order valence-corrected chi connectivity index (χ2v) is 6.55. The van der Waals surface area contributed by atoms with E-state index in [1.807, 2.05) is 0 Å². The van der Waals surface area contributed by atoms with E-state index in [2.05, 4.69) is 10.4 Å². The summed E-state index contributed by atoms with van der Waals surface area (Å²) in [5.41, 5.74) is -0.291. The molecule has 27 heavy (non-hydrogen) atoms. The molecule has 3 rings (SSSR count). The van der Waals surface area contributed by atoms with Gasteiger partial charge in [0.2, 0.25) is 0 Å². The maximum absolute atomic E-state index is 12.1. The highest BCUT2D eigenvalue weighted by atomic mass is 35.5. The molecule has 1 aromatic carbocycles.